The monoisotopic (exact) mass is 513 g/mol. The Balaban J connectivity index is 1.53. The number of ether oxygens (including phenoxy) is 1. The molecule has 0 unspecified atom stereocenters. The molecule has 182 valence electrons. The van der Waals surface area contributed by atoms with Crippen LogP contribution in [0.4, 0.5) is 11.6 Å². The molecule has 0 saturated heterocycles. The van der Waals surface area contributed by atoms with Crippen LogP contribution in [0.3, 0.4) is 0 Å². The molecule has 0 saturated carbocycles. The van der Waals surface area contributed by atoms with E-state index in [1.54, 1.807) is 13.2 Å². The highest BCUT2D eigenvalue weighted by atomic mass is 35.5. The molecule has 0 atom stereocenters. The van der Waals surface area contributed by atoms with E-state index >= 15 is 0 Å². The summed E-state index contributed by atoms with van der Waals surface area (Å²) in [5.41, 5.74) is 1.63. The van der Waals surface area contributed by atoms with Gasteiger partial charge in [0, 0.05) is 37.2 Å². The number of nitrogens with one attached hydrogen (secondary N) is 1. The van der Waals surface area contributed by atoms with Gasteiger partial charge in [0.1, 0.15) is 23.6 Å². The smallest absolute Gasteiger partial charge is 0.278 e. The van der Waals surface area contributed by atoms with Crippen molar-refractivity contribution in [1.82, 2.24) is 29.4 Å². The number of fused-ring (bicyclic) bond motifs is 1. The molecule has 0 spiro atoms. The van der Waals surface area contributed by atoms with E-state index in [0.29, 0.717) is 29.3 Å². The molecular formula is C24H25Cl2N7O2. The first kappa shape index (κ1) is 24.8. The summed E-state index contributed by atoms with van der Waals surface area (Å²) in [5, 5.41) is 3.62. The largest absolute Gasteiger partial charge is 0.492 e. The van der Waals surface area contributed by atoms with Crippen LogP contribution in [0.5, 0.6) is 5.75 Å². The van der Waals surface area contributed by atoms with Crippen LogP contribution in [0.15, 0.2) is 47.7 Å². The number of benzene rings is 1. The van der Waals surface area contributed by atoms with E-state index in [2.05, 4.69) is 44.0 Å². The number of rotatable bonds is 9. The number of pyridine rings is 1. The fraction of sp³-hybridized carbons (Fsp3) is 0.292. The first-order valence-electron chi connectivity index (χ1n) is 11.2. The predicted molar refractivity (Wildman–Crippen MR) is 139 cm³/mol. The van der Waals surface area contributed by atoms with Gasteiger partial charge in [-0.15, -0.1) is 0 Å². The molecule has 0 aliphatic rings. The standard InChI is InChI=1S/C24H25Cl2N7O2/c1-4-33(5-2)10-11-35-16-8-6-15(7-9-16)29-24-28-14-19-22(31-24)32(3)23(34)21(30-19)20-17(25)12-27-13-18(20)26/h6-9,12-14H,4-5,10-11H2,1-3H3,(H,28,29,31). The van der Waals surface area contributed by atoms with Gasteiger partial charge >= 0.3 is 0 Å². The summed E-state index contributed by atoms with van der Waals surface area (Å²) in [4.78, 5) is 32.5. The van der Waals surface area contributed by atoms with E-state index in [1.165, 1.54) is 17.0 Å². The molecule has 4 rings (SSSR count). The van der Waals surface area contributed by atoms with Crippen LogP contribution < -0.4 is 15.6 Å². The van der Waals surface area contributed by atoms with Crippen LogP contribution >= 0.6 is 23.2 Å². The van der Waals surface area contributed by atoms with Crippen LogP contribution in [-0.2, 0) is 7.05 Å². The predicted octanol–water partition coefficient (Wildman–Crippen LogP) is 4.56. The number of nitrogens with zero attached hydrogens (tertiary/aromatic N) is 6. The Kier molecular flexibility index (Phi) is 7.80. The molecule has 0 amide bonds. The van der Waals surface area contributed by atoms with Gasteiger partial charge in [0.25, 0.3) is 5.56 Å². The zero-order valence-electron chi connectivity index (χ0n) is 19.6. The number of halogens is 2. The van der Waals surface area contributed by atoms with Crippen molar-refractivity contribution in [3.8, 4) is 17.0 Å². The first-order chi connectivity index (χ1) is 16.9. The van der Waals surface area contributed by atoms with Gasteiger partial charge in [0.05, 0.1) is 16.2 Å². The van der Waals surface area contributed by atoms with Crippen LogP contribution in [0, 0.1) is 0 Å². The molecule has 4 aromatic rings. The summed E-state index contributed by atoms with van der Waals surface area (Å²) in [5.74, 6) is 1.12. The van der Waals surface area contributed by atoms with Crippen molar-refractivity contribution in [3.05, 3.63) is 63.3 Å². The number of likely N-dealkylation sites (N-methyl/N-ethyl adjacent to an activating group) is 1. The average molecular weight is 514 g/mol. The van der Waals surface area contributed by atoms with Crippen molar-refractivity contribution >= 4 is 46.0 Å². The Morgan fingerprint density at radius 2 is 1.71 bits per heavy atom. The number of hydrogen-bond donors (Lipinski definition) is 1. The summed E-state index contributed by atoms with van der Waals surface area (Å²) < 4.78 is 7.22. The fourth-order valence-corrected chi connectivity index (χ4v) is 4.12. The minimum absolute atomic E-state index is 0.110. The van der Waals surface area contributed by atoms with E-state index in [0.717, 1.165) is 31.1 Å². The van der Waals surface area contributed by atoms with E-state index < -0.39 is 0 Å². The maximum atomic E-state index is 13.0. The molecule has 9 nitrogen and oxygen atoms in total. The molecule has 0 radical (unpaired) electrons. The van der Waals surface area contributed by atoms with Crippen LogP contribution in [0.25, 0.3) is 22.4 Å². The maximum Gasteiger partial charge on any atom is 0.278 e. The lowest BCUT2D eigenvalue weighted by Gasteiger charge is -2.18. The second-order valence-electron chi connectivity index (χ2n) is 7.73. The molecule has 11 heteroatoms. The van der Waals surface area contributed by atoms with Gasteiger partial charge in [0.2, 0.25) is 5.95 Å². The molecule has 1 N–H and O–H groups in total. The van der Waals surface area contributed by atoms with Crippen LogP contribution in [-0.4, -0.2) is 55.6 Å². The summed E-state index contributed by atoms with van der Waals surface area (Å²) >= 11 is 12.5. The second kappa shape index (κ2) is 11.0. The van der Waals surface area contributed by atoms with Crippen molar-refractivity contribution in [2.45, 2.75) is 13.8 Å². The quantitative estimate of drug-likeness (QED) is 0.347. The lowest BCUT2D eigenvalue weighted by Crippen LogP contribution is -2.27. The molecule has 0 fully saturated rings. The SMILES string of the molecule is CCN(CC)CCOc1ccc(Nc2ncc3nc(-c4c(Cl)cncc4Cl)c(=O)n(C)c3n2)cc1. The minimum Gasteiger partial charge on any atom is -0.492 e. The van der Waals surface area contributed by atoms with E-state index in [9.17, 15) is 4.79 Å². The topological polar surface area (TPSA) is 98.1 Å². The number of aromatic nitrogens is 5. The molecule has 0 bridgehead atoms. The van der Waals surface area contributed by atoms with Crippen molar-refractivity contribution in [1.29, 1.82) is 0 Å². The molecule has 0 aliphatic heterocycles. The van der Waals surface area contributed by atoms with Gasteiger partial charge in [-0.1, -0.05) is 37.0 Å². The molecule has 35 heavy (non-hydrogen) atoms. The third-order valence-corrected chi connectivity index (χ3v) is 6.15. The van der Waals surface area contributed by atoms with E-state index in [1.807, 2.05) is 24.3 Å². The minimum atomic E-state index is -0.386. The van der Waals surface area contributed by atoms with Crippen molar-refractivity contribution in [2.24, 2.45) is 7.05 Å². The Morgan fingerprint density at radius 3 is 2.37 bits per heavy atom. The Labute approximate surface area is 212 Å². The highest BCUT2D eigenvalue weighted by molar-refractivity contribution is 6.38. The van der Waals surface area contributed by atoms with Gasteiger partial charge in [0.15, 0.2) is 5.65 Å². The zero-order chi connectivity index (χ0) is 24.9. The third kappa shape index (κ3) is 5.53. The Morgan fingerprint density at radius 1 is 1.03 bits per heavy atom. The number of hydrogen-bond acceptors (Lipinski definition) is 8. The Bertz CT molecular complexity index is 1370. The second-order valence-corrected chi connectivity index (χ2v) is 8.54. The molecule has 0 aliphatic carbocycles. The summed E-state index contributed by atoms with van der Waals surface area (Å²) in [6.07, 6.45) is 4.37. The number of aryl methyl sites for hydroxylation is 1. The average Bonchev–Trinajstić information content (AvgIpc) is 2.86. The maximum absolute atomic E-state index is 13.0. The first-order valence-corrected chi connectivity index (χ1v) is 11.9. The van der Waals surface area contributed by atoms with Gasteiger partial charge in [-0.3, -0.25) is 14.3 Å². The van der Waals surface area contributed by atoms with Crippen molar-refractivity contribution in [2.75, 3.05) is 31.6 Å². The molecule has 3 aromatic heterocycles. The highest BCUT2D eigenvalue weighted by Gasteiger charge is 2.18. The van der Waals surface area contributed by atoms with E-state index in [4.69, 9.17) is 27.9 Å². The summed E-state index contributed by atoms with van der Waals surface area (Å²) in [6.45, 7) is 7.78. The number of anilines is 2. The van der Waals surface area contributed by atoms with Gasteiger partial charge in [-0.05, 0) is 37.4 Å². The molecule has 3 heterocycles. The van der Waals surface area contributed by atoms with Gasteiger partial charge in [-0.2, -0.15) is 4.98 Å². The lowest BCUT2D eigenvalue weighted by atomic mass is 10.2. The summed E-state index contributed by atoms with van der Waals surface area (Å²) in [7, 11) is 1.61. The summed E-state index contributed by atoms with van der Waals surface area (Å²) in [6, 6.07) is 7.54. The molecule has 1 aromatic carbocycles. The van der Waals surface area contributed by atoms with Crippen LogP contribution in [0.1, 0.15) is 13.8 Å². The third-order valence-electron chi connectivity index (χ3n) is 5.58. The highest BCUT2D eigenvalue weighted by Crippen LogP contribution is 2.31. The lowest BCUT2D eigenvalue weighted by molar-refractivity contribution is 0.223. The zero-order valence-corrected chi connectivity index (χ0v) is 21.1. The van der Waals surface area contributed by atoms with Crippen molar-refractivity contribution < 1.29 is 4.74 Å². The van der Waals surface area contributed by atoms with Gasteiger partial charge < -0.3 is 15.0 Å². The van der Waals surface area contributed by atoms with Gasteiger partial charge in [-0.25, -0.2) is 9.97 Å². The Hall–Kier alpha value is -3.27. The van der Waals surface area contributed by atoms with Crippen molar-refractivity contribution in [3.63, 3.8) is 0 Å². The molecular weight excluding hydrogens is 489 g/mol. The van der Waals surface area contributed by atoms with Crippen LogP contribution in [0.2, 0.25) is 10.0 Å². The fourth-order valence-electron chi connectivity index (χ4n) is 3.57. The normalized spacial score (nSPS) is 11.3. The van der Waals surface area contributed by atoms with E-state index in [-0.39, 0.29) is 21.3 Å².